The molecule has 1 aliphatic heterocycles. The van der Waals surface area contributed by atoms with Crippen LogP contribution in [0.15, 0.2) is 39.3 Å². The van der Waals surface area contributed by atoms with Crippen LogP contribution < -0.4 is 4.74 Å². The zero-order valence-corrected chi connectivity index (χ0v) is 13.7. The van der Waals surface area contributed by atoms with E-state index in [1.807, 2.05) is 18.2 Å². The molecule has 4 rings (SSSR count). The molecule has 0 saturated carbocycles. The summed E-state index contributed by atoms with van der Waals surface area (Å²) in [7, 11) is -3.16. The van der Waals surface area contributed by atoms with Crippen LogP contribution in [0.4, 0.5) is 0 Å². The Morgan fingerprint density at radius 3 is 2.92 bits per heavy atom. The van der Waals surface area contributed by atoms with Crippen molar-refractivity contribution in [2.24, 2.45) is 0 Å². The summed E-state index contributed by atoms with van der Waals surface area (Å²) in [6.45, 7) is 0.686. The highest BCUT2D eigenvalue weighted by molar-refractivity contribution is 7.89. The smallest absolute Gasteiger partial charge is 0.293 e. The third-order valence-electron chi connectivity index (χ3n) is 3.65. The topological polar surface area (TPSA) is 95.4 Å². The van der Waals surface area contributed by atoms with Gasteiger partial charge in [-0.3, -0.25) is 0 Å². The normalized spacial score (nSPS) is 13.7. The van der Waals surface area contributed by atoms with Gasteiger partial charge in [0, 0.05) is 18.2 Å². The van der Waals surface area contributed by atoms with Gasteiger partial charge in [-0.05, 0) is 35.9 Å². The molecule has 124 valence electrons. The standard InChI is InChI=1S/C16H14N2O5S/c1-24(19,20)9-12-3-5-14(22-12)16-17-15(18-23-16)11-2-4-13-10(8-11)6-7-21-13/h2-5,8H,6-7,9H2,1H3. The van der Waals surface area contributed by atoms with Crippen molar-refractivity contribution in [3.63, 3.8) is 0 Å². The van der Waals surface area contributed by atoms with Gasteiger partial charge in [-0.15, -0.1) is 0 Å². The molecule has 0 bridgehead atoms. The molecule has 0 N–H and O–H groups in total. The molecule has 0 spiro atoms. The van der Waals surface area contributed by atoms with Crippen molar-refractivity contribution in [3.8, 4) is 28.8 Å². The van der Waals surface area contributed by atoms with E-state index >= 15 is 0 Å². The van der Waals surface area contributed by atoms with Gasteiger partial charge in [-0.25, -0.2) is 8.42 Å². The molecule has 24 heavy (non-hydrogen) atoms. The maximum Gasteiger partial charge on any atom is 0.293 e. The SMILES string of the molecule is CS(=O)(=O)Cc1ccc(-c2nc(-c3ccc4c(c3)CCO4)no2)o1. The highest BCUT2D eigenvalue weighted by Gasteiger charge is 2.18. The van der Waals surface area contributed by atoms with Gasteiger partial charge in [0.15, 0.2) is 15.6 Å². The number of furan rings is 1. The number of fused-ring (bicyclic) bond motifs is 1. The van der Waals surface area contributed by atoms with Gasteiger partial charge in [-0.2, -0.15) is 4.98 Å². The van der Waals surface area contributed by atoms with Gasteiger partial charge in [0.1, 0.15) is 17.3 Å². The second-order valence-electron chi connectivity index (χ2n) is 5.68. The van der Waals surface area contributed by atoms with Crippen molar-refractivity contribution in [2.45, 2.75) is 12.2 Å². The van der Waals surface area contributed by atoms with E-state index < -0.39 is 9.84 Å². The number of rotatable bonds is 4. The Labute approximate surface area is 138 Å². The first-order valence-electron chi connectivity index (χ1n) is 7.34. The van der Waals surface area contributed by atoms with Crippen LogP contribution in [0.5, 0.6) is 5.75 Å². The van der Waals surface area contributed by atoms with E-state index in [4.69, 9.17) is 13.7 Å². The summed E-state index contributed by atoms with van der Waals surface area (Å²) < 4.78 is 38.8. The van der Waals surface area contributed by atoms with E-state index in [1.165, 1.54) is 0 Å². The number of sulfone groups is 1. The van der Waals surface area contributed by atoms with Crippen molar-refractivity contribution in [1.82, 2.24) is 10.1 Å². The largest absolute Gasteiger partial charge is 0.493 e. The summed E-state index contributed by atoms with van der Waals surface area (Å²) in [6, 6.07) is 8.95. The summed E-state index contributed by atoms with van der Waals surface area (Å²) in [6.07, 6.45) is 2.01. The highest BCUT2D eigenvalue weighted by Crippen LogP contribution is 2.30. The Hall–Kier alpha value is -2.61. The summed E-state index contributed by atoms with van der Waals surface area (Å²) in [4.78, 5) is 4.32. The van der Waals surface area contributed by atoms with Crippen LogP contribution in [0, 0.1) is 0 Å². The molecule has 0 fully saturated rings. The fourth-order valence-corrected chi connectivity index (χ4v) is 3.27. The molecule has 0 atom stereocenters. The average molecular weight is 346 g/mol. The van der Waals surface area contributed by atoms with Gasteiger partial charge in [0.05, 0.1) is 6.61 Å². The molecule has 1 aromatic carbocycles. The molecule has 0 saturated heterocycles. The first-order chi connectivity index (χ1) is 11.5. The molecule has 0 unspecified atom stereocenters. The third kappa shape index (κ3) is 2.92. The fraction of sp³-hybridized carbons (Fsp3) is 0.250. The van der Waals surface area contributed by atoms with Crippen LogP contribution in [-0.2, 0) is 22.0 Å². The fourth-order valence-electron chi connectivity index (χ4n) is 2.60. The number of hydrogen-bond acceptors (Lipinski definition) is 7. The van der Waals surface area contributed by atoms with Crippen molar-refractivity contribution < 1.29 is 22.1 Å². The average Bonchev–Trinajstić information content (AvgIpc) is 3.24. The zero-order chi connectivity index (χ0) is 16.7. The molecule has 1 aliphatic rings. The molecule has 8 heteroatoms. The van der Waals surface area contributed by atoms with E-state index in [1.54, 1.807) is 12.1 Å². The van der Waals surface area contributed by atoms with Crippen molar-refractivity contribution in [2.75, 3.05) is 12.9 Å². The van der Waals surface area contributed by atoms with Crippen LogP contribution in [0.2, 0.25) is 0 Å². The van der Waals surface area contributed by atoms with Crippen LogP contribution in [0.3, 0.4) is 0 Å². The predicted octanol–water partition coefficient (Wildman–Crippen LogP) is 2.48. The lowest BCUT2D eigenvalue weighted by molar-refractivity contribution is 0.357. The summed E-state index contributed by atoms with van der Waals surface area (Å²) in [5.41, 5.74) is 1.95. The van der Waals surface area contributed by atoms with E-state index in [0.29, 0.717) is 24.0 Å². The highest BCUT2D eigenvalue weighted by atomic mass is 32.2. The summed E-state index contributed by atoms with van der Waals surface area (Å²) in [5.74, 6) is 2.05. The maximum atomic E-state index is 11.3. The zero-order valence-electron chi connectivity index (χ0n) is 12.9. The Kier molecular flexibility index (Phi) is 3.42. The lowest BCUT2D eigenvalue weighted by atomic mass is 10.1. The number of hydrogen-bond donors (Lipinski definition) is 0. The van der Waals surface area contributed by atoms with E-state index in [2.05, 4.69) is 10.1 Å². The van der Waals surface area contributed by atoms with Gasteiger partial charge < -0.3 is 13.7 Å². The van der Waals surface area contributed by atoms with Crippen molar-refractivity contribution in [1.29, 1.82) is 0 Å². The third-order valence-corrected chi connectivity index (χ3v) is 4.46. The van der Waals surface area contributed by atoms with Crippen molar-refractivity contribution in [3.05, 3.63) is 41.7 Å². The quantitative estimate of drug-likeness (QED) is 0.716. The number of nitrogens with zero attached hydrogens (tertiary/aromatic N) is 2. The van der Waals surface area contributed by atoms with Crippen LogP contribution in [-0.4, -0.2) is 31.4 Å². The Morgan fingerprint density at radius 1 is 1.21 bits per heavy atom. The first kappa shape index (κ1) is 14.9. The van der Waals surface area contributed by atoms with Crippen LogP contribution in [0.25, 0.3) is 23.0 Å². The van der Waals surface area contributed by atoms with E-state index in [-0.39, 0.29) is 11.6 Å². The van der Waals surface area contributed by atoms with Crippen molar-refractivity contribution >= 4 is 9.84 Å². The molecule has 7 nitrogen and oxygen atoms in total. The minimum absolute atomic E-state index is 0.168. The molecular formula is C16H14N2O5S. The molecule has 0 aliphatic carbocycles. The van der Waals surface area contributed by atoms with Gasteiger partial charge >= 0.3 is 0 Å². The first-order valence-corrected chi connectivity index (χ1v) is 9.41. The Bertz CT molecular complexity index is 1000. The van der Waals surface area contributed by atoms with E-state index in [0.717, 1.165) is 29.6 Å². The van der Waals surface area contributed by atoms with Crippen LogP contribution in [0.1, 0.15) is 11.3 Å². The second-order valence-corrected chi connectivity index (χ2v) is 7.82. The lowest BCUT2D eigenvalue weighted by Gasteiger charge is -1.99. The van der Waals surface area contributed by atoms with Gasteiger partial charge in [-0.1, -0.05) is 5.16 Å². The molecular weight excluding hydrogens is 332 g/mol. The van der Waals surface area contributed by atoms with Gasteiger partial charge in [0.2, 0.25) is 5.82 Å². The minimum Gasteiger partial charge on any atom is -0.493 e. The van der Waals surface area contributed by atoms with Crippen LogP contribution >= 0.6 is 0 Å². The maximum absolute atomic E-state index is 11.3. The monoisotopic (exact) mass is 346 g/mol. The Balaban J connectivity index is 1.61. The molecule has 3 heterocycles. The minimum atomic E-state index is -3.16. The van der Waals surface area contributed by atoms with Gasteiger partial charge in [0.25, 0.3) is 5.89 Å². The number of aromatic nitrogens is 2. The summed E-state index contributed by atoms with van der Waals surface area (Å²) >= 11 is 0. The molecule has 3 aromatic rings. The Morgan fingerprint density at radius 2 is 2.08 bits per heavy atom. The van der Waals surface area contributed by atoms with E-state index in [9.17, 15) is 8.42 Å². The molecule has 0 amide bonds. The molecule has 0 radical (unpaired) electrons. The predicted molar refractivity (Wildman–Crippen MR) is 85.2 cm³/mol. The molecule has 2 aromatic heterocycles. The lowest BCUT2D eigenvalue weighted by Crippen LogP contribution is -1.98. The second kappa shape index (κ2) is 5.48. The number of ether oxygens (including phenoxy) is 1. The summed E-state index contributed by atoms with van der Waals surface area (Å²) in [5, 5.41) is 3.97. The number of benzene rings is 1.